The summed E-state index contributed by atoms with van der Waals surface area (Å²) in [6, 6.07) is 11.8. The Morgan fingerprint density at radius 2 is 1.40 bits per heavy atom. The zero-order valence-corrected chi connectivity index (χ0v) is 13.3. The minimum Gasteiger partial charge on any atom is -0.0613 e. The molecular formula is C20H24. The third kappa shape index (κ3) is 1.74. The van der Waals surface area contributed by atoms with E-state index in [1.54, 1.807) is 0 Å². The molecule has 0 bridgehead atoms. The van der Waals surface area contributed by atoms with Crippen LogP contribution in [0.1, 0.15) is 55.5 Å². The minimum atomic E-state index is 0.132. The van der Waals surface area contributed by atoms with E-state index in [2.05, 4.69) is 65.0 Å². The van der Waals surface area contributed by atoms with Crippen molar-refractivity contribution in [2.75, 3.05) is 0 Å². The number of hydrogen-bond acceptors (Lipinski definition) is 0. The Morgan fingerprint density at radius 3 is 2.05 bits per heavy atom. The summed E-state index contributed by atoms with van der Waals surface area (Å²) in [6.45, 7) is 11.4. The molecule has 2 aromatic carbocycles. The molecule has 0 aromatic heterocycles. The molecule has 1 aliphatic carbocycles. The summed E-state index contributed by atoms with van der Waals surface area (Å²) in [5, 5.41) is 0. The van der Waals surface area contributed by atoms with Gasteiger partial charge in [0.2, 0.25) is 0 Å². The topological polar surface area (TPSA) is 0 Å². The lowest BCUT2D eigenvalue weighted by molar-refractivity contribution is 0.658. The van der Waals surface area contributed by atoms with Gasteiger partial charge in [-0.1, -0.05) is 63.6 Å². The molecule has 0 nitrogen and oxygen atoms in total. The van der Waals surface area contributed by atoms with E-state index < -0.39 is 0 Å². The van der Waals surface area contributed by atoms with Gasteiger partial charge in [0.15, 0.2) is 0 Å². The average Bonchev–Trinajstić information content (AvgIpc) is 2.65. The summed E-state index contributed by atoms with van der Waals surface area (Å²) in [7, 11) is 0. The minimum absolute atomic E-state index is 0.132. The van der Waals surface area contributed by atoms with Gasteiger partial charge >= 0.3 is 0 Å². The van der Waals surface area contributed by atoms with Crippen molar-refractivity contribution in [2.45, 2.75) is 52.9 Å². The van der Waals surface area contributed by atoms with E-state index in [1.807, 2.05) is 0 Å². The molecule has 0 saturated heterocycles. The van der Waals surface area contributed by atoms with Crippen LogP contribution in [0.15, 0.2) is 30.3 Å². The standard InChI is InChI=1S/C20H24/c1-6-14-11-17-16-9-8-13(3)10-18(16)20(4,5)19(17)12-15(14)7-2/h8-12H,6-7H2,1-5H3. The molecule has 0 N–H and O–H groups in total. The maximum absolute atomic E-state index is 2.46. The lowest BCUT2D eigenvalue weighted by Crippen LogP contribution is -2.15. The van der Waals surface area contributed by atoms with E-state index >= 15 is 0 Å². The lowest BCUT2D eigenvalue weighted by Gasteiger charge is -2.23. The predicted octanol–water partition coefficient (Wildman–Crippen LogP) is 5.43. The highest BCUT2D eigenvalue weighted by Crippen LogP contribution is 2.49. The highest BCUT2D eigenvalue weighted by atomic mass is 14.4. The molecule has 3 rings (SSSR count). The number of fused-ring (bicyclic) bond motifs is 3. The molecule has 0 unspecified atom stereocenters. The first-order valence-corrected chi connectivity index (χ1v) is 7.76. The van der Waals surface area contributed by atoms with Crippen molar-refractivity contribution in [1.29, 1.82) is 0 Å². The van der Waals surface area contributed by atoms with Crippen LogP contribution in [0.3, 0.4) is 0 Å². The number of hydrogen-bond donors (Lipinski definition) is 0. The van der Waals surface area contributed by atoms with Gasteiger partial charge in [-0.2, -0.15) is 0 Å². The van der Waals surface area contributed by atoms with Gasteiger partial charge in [-0.25, -0.2) is 0 Å². The first kappa shape index (κ1) is 13.4. The molecule has 2 aromatic rings. The van der Waals surface area contributed by atoms with E-state index in [0.717, 1.165) is 12.8 Å². The van der Waals surface area contributed by atoms with E-state index in [4.69, 9.17) is 0 Å². The van der Waals surface area contributed by atoms with Crippen LogP contribution in [-0.2, 0) is 18.3 Å². The van der Waals surface area contributed by atoms with Gasteiger partial charge in [0.25, 0.3) is 0 Å². The maximum atomic E-state index is 2.46. The third-order valence-corrected chi connectivity index (χ3v) is 4.91. The van der Waals surface area contributed by atoms with Crippen molar-refractivity contribution >= 4 is 0 Å². The Balaban J connectivity index is 2.32. The summed E-state index contributed by atoms with van der Waals surface area (Å²) in [5.74, 6) is 0. The van der Waals surface area contributed by atoms with Crippen LogP contribution < -0.4 is 0 Å². The van der Waals surface area contributed by atoms with Crippen molar-refractivity contribution < 1.29 is 0 Å². The van der Waals surface area contributed by atoms with Crippen molar-refractivity contribution in [3.8, 4) is 11.1 Å². The van der Waals surface area contributed by atoms with E-state index in [1.165, 1.54) is 38.9 Å². The second kappa shape index (κ2) is 4.48. The van der Waals surface area contributed by atoms with E-state index in [0.29, 0.717) is 0 Å². The predicted molar refractivity (Wildman–Crippen MR) is 87.5 cm³/mol. The largest absolute Gasteiger partial charge is 0.0613 e. The lowest BCUT2D eigenvalue weighted by atomic mass is 9.81. The molecular weight excluding hydrogens is 240 g/mol. The molecule has 0 saturated carbocycles. The fraction of sp³-hybridized carbons (Fsp3) is 0.400. The Bertz CT molecular complexity index is 675. The molecule has 104 valence electrons. The first-order chi connectivity index (χ1) is 9.48. The molecule has 20 heavy (non-hydrogen) atoms. The highest BCUT2D eigenvalue weighted by molar-refractivity contribution is 5.82. The second-order valence-electron chi connectivity index (χ2n) is 6.55. The first-order valence-electron chi connectivity index (χ1n) is 7.76. The Labute approximate surface area is 122 Å². The van der Waals surface area contributed by atoms with Crippen LogP contribution in [0, 0.1) is 6.92 Å². The monoisotopic (exact) mass is 264 g/mol. The van der Waals surface area contributed by atoms with Crippen molar-refractivity contribution in [1.82, 2.24) is 0 Å². The summed E-state index contributed by atoms with van der Waals surface area (Å²) in [6.07, 6.45) is 2.25. The SMILES string of the molecule is CCc1cc2c(cc1CC)C(C)(C)c1cc(C)ccc1-2. The van der Waals surface area contributed by atoms with Gasteiger partial charge in [-0.3, -0.25) is 0 Å². The van der Waals surface area contributed by atoms with Crippen molar-refractivity contribution in [2.24, 2.45) is 0 Å². The Morgan fingerprint density at radius 1 is 0.800 bits per heavy atom. The normalized spacial score (nSPS) is 15.1. The molecule has 0 atom stereocenters. The molecule has 1 aliphatic rings. The second-order valence-corrected chi connectivity index (χ2v) is 6.55. The zero-order valence-electron chi connectivity index (χ0n) is 13.3. The van der Waals surface area contributed by atoms with Crippen molar-refractivity contribution in [3.63, 3.8) is 0 Å². The molecule has 0 fully saturated rings. The molecule has 0 heteroatoms. The van der Waals surface area contributed by atoms with Gasteiger partial charge in [0.1, 0.15) is 0 Å². The van der Waals surface area contributed by atoms with Gasteiger partial charge in [-0.15, -0.1) is 0 Å². The fourth-order valence-electron chi connectivity index (χ4n) is 3.64. The average molecular weight is 264 g/mol. The molecule has 0 spiro atoms. The third-order valence-electron chi connectivity index (χ3n) is 4.91. The zero-order chi connectivity index (χ0) is 14.5. The number of benzene rings is 2. The van der Waals surface area contributed by atoms with Crippen LogP contribution in [0.2, 0.25) is 0 Å². The molecule has 0 radical (unpaired) electrons. The summed E-state index contributed by atoms with van der Waals surface area (Å²) in [5.41, 5.74) is 10.4. The summed E-state index contributed by atoms with van der Waals surface area (Å²) in [4.78, 5) is 0. The van der Waals surface area contributed by atoms with E-state index in [-0.39, 0.29) is 5.41 Å². The number of aryl methyl sites for hydroxylation is 3. The highest BCUT2D eigenvalue weighted by Gasteiger charge is 2.35. The number of rotatable bonds is 2. The Hall–Kier alpha value is -1.56. The van der Waals surface area contributed by atoms with Gasteiger partial charge in [-0.05, 0) is 53.1 Å². The van der Waals surface area contributed by atoms with Gasteiger partial charge in [0.05, 0.1) is 0 Å². The Kier molecular flexibility index (Phi) is 3.01. The van der Waals surface area contributed by atoms with Crippen LogP contribution in [-0.4, -0.2) is 0 Å². The summed E-state index contributed by atoms with van der Waals surface area (Å²) >= 11 is 0. The van der Waals surface area contributed by atoms with Crippen LogP contribution in [0.4, 0.5) is 0 Å². The summed E-state index contributed by atoms with van der Waals surface area (Å²) < 4.78 is 0. The molecule has 0 aliphatic heterocycles. The molecule has 0 heterocycles. The van der Waals surface area contributed by atoms with Crippen LogP contribution in [0.25, 0.3) is 11.1 Å². The van der Waals surface area contributed by atoms with E-state index in [9.17, 15) is 0 Å². The van der Waals surface area contributed by atoms with Gasteiger partial charge in [0, 0.05) is 5.41 Å². The maximum Gasteiger partial charge on any atom is 0.0159 e. The van der Waals surface area contributed by atoms with Crippen molar-refractivity contribution in [3.05, 3.63) is 58.1 Å². The fourth-order valence-corrected chi connectivity index (χ4v) is 3.64. The quantitative estimate of drug-likeness (QED) is 0.679. The van der Waals surface area contributed by atoms with Gasteiger partial charge < -0.3 is 0 Å². The smallest absolute Gasteiger partial charge is 0.0159 e. The molecule has 0 amide bonds. The van der Waals surface area contributed by atoms with Crippen LogP contribution in [0.5, 0.6) is 0 Å². The van der Waals surface area contributed by atoms with Crippen LogP contribution >= 0.6 is 0 Å².